The van der Waals surface area contributed by atoms with Gasteiger partial charge >= 0.3 is 0 Å². The molecule has 1 atom stereocenters. The predicted octanol–water partition coefficient (Wildman–Crippen LogP) is 3.14. The van der Waals surface area contributed by atoms with Crippen molar-refractivity contribution in [2.75, 3.05) is 5.32 Å². The number of carbonyl (C=O) groups is 2. The number of amides is 2. The van der Waals surface area contributed by atoms with Crippen LogP contribution in [0.25, 0.3) is 0 Å². The molecule has 0 saturated carbocycles. The lowest BCUT2D eigenvalue weighted by Gasteiger charge is -2.19. The topological polar surface area (TPSA) is 118 Å². The van der Waals surface area contributed by atoms with Crippen molar-refractivity contribution in [2.45, 2.75) is 24.3 Å². The zero-order chi connectivity index (χ0) is 22.4. The minimum atomic E-state index is -3.91. The van der Waals surface area contributed by atoms with Crippen molar-refractivity contribution in [3.05, 3.63) is 95.6 Å². The lowest BCUT2D eigenvalue weighted by molar-refractivity contribution is -0.116. The number of benzene rings is 3. The van der Waals surface area contributed by atoms with Gasteiger partial charge in [0.15, 0.2) is 0 Å². The van der Waals surface area contributed by atoms with Crippen molar-refractivity contribution in [3.63, 3.8) is 0 Å². The van der Waals surface area contributed by atoms with E-state index in [1.165, 1.54) is 6.07 Å². The van der Waals surface area contributed by atoms with Gasteiger partial charge in [-0.3, -0.25) is 9.59 Å². The summed E-state index contributed by atoms with van der Waals surface area (Å²) >= 11 is 0. The first-order chi connectivity index (χ1) is 14.7. The van der Waals surface area contributed by atoms with E-state index in [2.05, 4.69) is 10.6 Å². The summed E-state index contributed by atoms with van der Waals surface area (Å²) in [6.07, 6.45) is -0.0405. The SMILES string of the molecule is Cc1ccc(NC(=O)CC(NC(=O)c2ccccc2)c2ccccc2)cc1S(N)(=O)=O. The molecule has 0 aromatic heterocycles. The van der Waals surface area contributed by atoms with Crippen LogP contribution >= 0.6 is 0 Å². The molecule has 160 valence electrons. The van der Waals surface area contributed by atoms with Crippen LogP contribution in [0, 0.1) is 6.92 Å². The summed E-state index contributed by atoms with van der Waals surface area (Å²) < 4.78 is 23.5. The molecule has 0 aliphatic carbocycles. The second-order valence-electron chi connectivity index (χ2n) is 7.08. The highest BCUT2D eigenvalue weighted by Crippen LogP contribution is 2.22. The second kappa shape index (κ2) is 9.55. The van der Waals surface area contributed by atoms with Crippen LogP contribution in [-0.2, 0) is 14.8 Å². The smallest absolute Gasteiger partial charge is 0.251 e. The predicted molar refractivity (Wildman–Crippen MR) is 119 cm³/mol. The van der Waals surface area contributed by atoms with Crippen LogP contribution in [-0.4, -0.2) is 20.2 Å². The van der Waals surface area contributed by atoms with Gasteiger partial charge in [0.25, 0.3) is 5.91 Å². The number of sulfonamides is 1. The molecule has 0 bridgehead atoms. The molecule has 0 spiro atoms. The van der Waals surface area contributed by atoms with E-state index in [1.54, 1.807) is 43.3 Å². The van der Waals surface area contributed by atoms with Crippen molar-refractivity contribution in [1.82, 2.24) is 5.32 Å². The van der Waals surface area contributed by atoms with E-state index in [9.17, 15) is 18.0 Å². The van der Waals surface area contributed by atoms with E-state index < -0.39 is 16.1 Å². The summed E-state index contributed by atoms with van der Waals surface area (Å²) in [5.41, 5.74) is 2.05. The number of nitrogens with one attached hydrogen (secondary N) is 2. The molecule has 0 fully saturated rings. The number of rotatable bonds is 7. The molecular weight excluding hydrogens is 414 g/mol. The summed E-state index contributed by atoms with van der Waals surface area (Å²) in [6.45, 7) is 1.62. The fourth-order valence-corrected chi connectivity index (χ4v) is 3.96. The maximum absolute atomic E-state index is 12.7. The normalized spacial score (nSPS) is 12.1. The third-order valence-corrected chi connectivity index (χ3v) is 5.76. The van der Waals surface area contributed by atoms with E-state index in [4.69, 9.17) is 5.14 Å². The van der Waals surface area contributed by atoms with Gasteiger partial charge in [-0.15, -0.1) is 0 Å². The van der Waals surface area contributed by atoms with Crippen LogP contribution in [0.2, 0.25) is 0 Å². The summed E-state index contributed by atoms with van der Waals surface area (Å²) in [7, 11) is -3.91. The Hall–Kier alpha value is -3.49. The van der Waals surface area contributed by atoms with Gasteiger partial charge in [-0.25, -0.2) is 13.6 Å². The van der Waals surface area contributed by atoms with Gasteiger partial charge in [0.2, 0.25) is 15.9 Å². The Bertz CT molecular complexity index is 1180. The van der Waals surface area contributed by atoms with Gasteiger partial charge in [-0.05, 0) is 42.3 Å². The number of aryl methyl sites for hydroxylation is 1. The molecule has 1 unspecified atom stereocenters. The number of nitrogens with two attached hydrogens (primary N) is 1. The van der Waals surface area contributed by atoms with Crippen LogP contribution in [0.5, 0.6) is 0 Å². The average molecular weight is 438 g/mol. The minimum absolute atomic E-state index is 0.0405. The Kier molecular flexibility index (Phi) is 6.84. The fourth-order valence-electron chi connectivity index (χ4n) is 3.15. The van der Waals surface area contributed by atoms with Crippen molar-refractivity contribution in [3.8, 4) is 0 Å². The largest absolute Gasteiger partial charge is 0.345 e. The van der Waals surface area contributed by atoms with Crippen LogP contribution in [0.1, 0.15) is 33.9 Å². The third-order valence-electron chi connectivity index (χ3n) is 4.71. The van der Waals surface area contributed by atoms with Gasteiger partial charge in [-0.1, -0.05) is 54.6 Å². The Balaban J connectivity index is 1.78. The first-order valence-corrected chi connectivity index (χ1v) is 11.1. The van der Waals surface area contributed by atoms with Crippen molar-refractivity contribution in [2.24, 2.45) is 5.14 Å². The molecule has 0 radical (unpaired) electrons. The molecule has 0 heterocycles. The number of primary sulfonamides is 1. The van der Waals surface area contributed by atoms with Crippen LogP contribution in [0.15, 0.2) is 83.8 Å². The van der Waals surface area contributed by atoms with Gasteiger partial charge in [0.05, 0.1) is 17.4 Å². The van der Waals surface area contributed by atoms with Gasteiger partial charge in [0.1, 0.15) is 0 Å². The van der Waals surface area contributed by atoms with Crippen LogP contribution < -0.4 is 15.8 Å². The molecule has 0 saturated heterocycles. The monoisotopic (exact) mass is 437 g/mol. The van der Waals surface area contributed by atoms with E-state index >= 15 is 0 Å². The van der Waals surface area contributed by atoms with E-state index in [1.807, 2.05) is 36.4 Å². The highest BCUT2D eigenvalue weighted by Gasteiger charge is 2.20. The molecule has 0 aliphatic rings. The number of anilines is 1. The van der Waals surface area contributed by atoms with E-state index in [-0.39, 0.29) is 23.1 Å². The number of carbonyl (C=O) groups excluding carboxylic acids is 2. The molecule has 0 aliphatic heterocycles. The van der Waals surface area contributed by atoms with E-state index in [0.717, 1.165) is 5.56 Å². The summed E-state index contributed by atoms with van der Waals surface area (Å²) in [4.78, 5) is 25.3. The lowest BCUT2D eigenvalue weighted by Crippen LogP contribution is -2.31. The van der Waals surface area contributed by atoms with Gasteiger partial charge < -0.3 is 10.6 Å². The Morgan fingerprint density at radius 2 is 1.55 bits per heavy atom. The first-order valence-electron chi connectivity index (χ1n) is 9.58. The molecule has 2 amide bonds. The van der Waals surface area contributed by atoms with Gasteiger partial charge in [0, 0.05) is 11.3 Å². The van der Waals surface area contributed by atoms with Crippen molar-refractivity contribution >= 4 is 27.5 Å². The summed E-state index contributed by atoms with van der Waals surface area (Å²) in [5, 5.41) is 10.8. The molecule has 3 rings (SSSR count). The molecule has 3 aromatic rings. The summed E-state index contributed by atoms with van der Waals surface area (Å²) in [5.74, 6) is -0.680. The zero-order valence-electron chi connectivity index (χ0n) is 16.9. The Morgan fingerprint density at radius 1 is 0.935 bits per heavy atom. The zero-order valence-corrected chi connectivity index (χ0v) is 17.7. The fraction of sp³-hybridized carbons (Fsp3) is 0.130. The van der Waals surface area contributed by atoms with Crippen molar-refractivity contribution in [1.29, 1.82) is 0 Å². The Labute approximate surface area is 181 Å². The minimum Gasteiger partial charge on any atom is -0.345 e. The van der Waals surface area contributed by atoms with Crippen LogP contribution in [0.3, 0.4) is 0 Å². The highest BCUT2D eigenvalue weighted by molar-refractivity contribution is 7.89. The number of hydrogen-bond acceptors (Lipinski definition) is 4. The second-order valence-corrected chi connectivity index (χ2v) is 8.61. The molecule has 3 aromatic carbocycles. The molecular formula is C23H23N3O4S. The Morgan fingerprint density at radius 3 is 2.16 bits per heavy atom. The van der Waals surface area contributed by atoms with E-state index in [0.29, 0.717) is 16.8 Å². The molecule has 7 nitrogen and oxygen atoms in total. The van der Waals surface area contributed by atoms with Crippen molar-refractivity contribution < 1.29 is 18.0 Å². The number of hydrogen-bond donors (Lipinski definition) is 3. The third kappa shape index (κ3) is 6.00. The molecule has 31 heavy (non-hydrogen) atoms. The average Bonchev–Trinajstić information content (AvgIpc) is 2.75. The highest BCUT2D eigenvalue weighted by atomic mass is 32.2. The lowest BCUT2D eigenvalue weighted by atomic mass is 10.0. The molecule has 8 heteroatoms. The van der Waals surface area contributed by atoms with Gasteiger partial charge in [-0.2, -0.15) is 0 Å². The maximum Gasteiger partial charge on any atom is 0.251 e. The molecule has 4 N–H and O–H groups in total. The standard InChI is InChI=1S/C23H23N3O4S/c1-16-12-13-19(14-21(16)31(24,29)30)25-22(27)15-20(17-8-4-2-5-9-17)26-23(28)18-10-6-3-7-11-18/h2-14,20H,15H2,1H3,(H,25,27)(H,26,28)(H2,24,29,30). The summed E-state index contributed by atoms with van der Waals surface area (Å²) in [6, 6.07) is 21.8. The van der Waals surface area contributed by atoms with Crippen LogP contribution in [0.4, 0.5) is 5.69 Å². The quantitative estimate of drug-likeness (QED) is 0.526. The maximum atomic E-state index is 12.7. The first kappa shape index (κ1) is 22.2.